The minimum Gasteiger partial charge on any atom is -0.318 e. The zero-order chi connectivity index (χ0) is 13.8. The van der Waals surface area contributed by atoms with Crippen molar-refractivity contribution in [3.05, 3.63) is 33.8 Å². The molecular formula is C12H16BrF3N2. The lowest BCUT2D eigenvalue weighted by atomic mass is 10.1. The molecule has 0 atom stereocenters. The molecule has 1 aromatic rings. The second-order valence-electron chi connectivity index (χ2n) is 4.15. The highest BCUT2D eigenvalue weighted by atomic mass is 79.9. The normalized spacial score (nSPS) is 12.2. The standard InChI is InChI=1S/C12H16BrF3N2/c1-17-5-6-18(2)8-9-7-10(12(14,15)16)3-4-11(9)13/h3-4,7,17H,5-6,8H2,1-2H3. The molecule has 0 aromatic heterocycles. The van der Waals surface area contributed by atoms with Crippen LogP contribution in [0.15, 0.2) is 22.7 Å². The zero-order valence-electron chi connectivity index (χ0n) is 10.3. The fraction of sp³-hybridized carbons (Fsp3) is 0.500. The summed E-state index contributed by atoms with van der Waals surface area (Å²) in [5.41, 5.74) is 0.0335. The summed E-state index contributed by atoms with van der Waals surface area (Å²) in [6, 6.07) is 3.73. The largest absolute Gasteiger partial charge is 0.416 e. The maximum Gasteiger partial charge on any atom is 0.416 e. The molecule has 0 aliphatic carbocycles. The van der Waals surface area contributed by atoms with Crippen molar-refractivity contribution in [1.82, 2.24) is 10.2 Å². The molecule has 0 unspecified atom stereocenters. The Kier molecular flexibility index (Phi) is 5.62. The second kappa shape index (κ2) is 6.54. The van der Waals surface area contributed by atoms with E-state index in [4.69, 9.17) is 0 Å². The lowest BCUT2D eigenvalue weighted by molar-refractivity contribution is -0.137. The van der Waals surface area contributed by atoms with E-state index >= 15 is 0 Å². The van der Waals surface area contributed by atoms with Gasteiger partial charge in [-0.3, -0.25) is 0 Å². The van der Waals surface area contributed by atoms with Crippen molar-refractivity contribution in [3.63, 3.8) is 0 Å². The predicted octanol–water partition coefficient (Wildman–Crippen LogP) is 3.12. The van der Waals surface area contributed by atoms with Gasteiger partial charge in [0, 0.05) is 24.1 Å². The van der Waals surface area contributed by atoms with Crippen LogP contribution in [-0.2, 0) is 12.7 Å². The van der Waals surface area contributed by atoms with Gasteiger partial charge in [0.25, 0.3) is 0 Å². The third kappa shape index (κ3) is 4.59. The third-order valence-electron chi connectivity index (χ3n) is 2.56. The van der Waals surface area contributed by atoms with Crippen LogP contribution < -0.4 is 5.32 Å². The Morgan fingerprint density at radius 1 is 1.33 bits per heavy atom. The van der Waals surface area contributed by atoms with E-state index < -0.39 is 11.7 Å². The van der Waals surface area contributed by atoms with Gasteiger partial charge in [0.2, 0.25) is 0 Å². The van der Waals surface area contributed by atoms with Gasteiger partial charge in [-0.1, -0.05) is 15.9 Å². The average molecular weight is 325 g/mol. The minimum absolute atomic E-state index is 0.478. The van der Waals surface area contributed by atoms with Crippen LogP contribution in [0.1, 0.15) is 11.1 Å². The van der Waals surface area contributed by atoms with Gasteiger partial charge in [0.1, 0.15) is 0 Å². The minimum atomic E-state index is -4.29. The van der Waals surface area contributed by atoms with Crippen molar-refractivity contribution in [3.8, 4) is 0 Å². The number of nitrogens with one attached hydrogen (secondary N) is 1. The highest BCUT2D eigenvalue weighted by Crippen LogP contribution is 2.32. The summed E-state index contributed by atoms with van der Waals surface area (Å²) >= 11 is 3.28. The summed E-state index contributed by atoms with van der Waals surface area (Å²) in [5.74, 6) is 0. The monoisotopic (exact) mass is 324 g/mol. The summed E-state index contributed by atoms with van der Waals surface area (Å²) in [7, 11) is 3.72. The molecule has 0 aliphatic heterocycles. The van der Waals surface area contributed by atoms with E-state index in [1.54, 1.807) is 0 Å². The van der Waals surface area contributed by atoms with Gasteiger partial charge < -0.3 is 10.2 Å². The van der Waals surface area contributed by atoms with Crippen molar-refractivity contribution in [1.29, 1.82) is 0 Å². The van der Waals surface area contributed by atoms with Crippen LogP contribution in [0.25, 0.3) is 0 Å². The summed E-state index contributed by atoms with van der Waals surface area (Å²) in [4.78, 5) is 1.97. The summed E-state index contributed by atoms with van der Waals surface area (Å²) in [5, 5.41) is 3.00. The Morgan fingerprint density at radius 3 is 2.56 bits per heavy atom. The Balaban J connectivity index is 2.81. The maximum absolute atomic E-state index is 12.6. The predicted molar refractivity (Wildman–Crippen MR) is 69.4 cm³/mol. The molecule has 0 amide bonds. The molecule has 0 saturated heterocycles. The highest BCUT2D eigenvalue weighted by Gasteiger charge is 2.30. The fourth-order valence-corrected chi connectivity index (χ4v) is 1.92. The molecule has 18 heavy (non-hydrogen) atoms. The van der Waals surface area contributed by atoms with Gasteiger partial charge >= 0.3 is 6.18 Å². The lowest BCUT2D eigenvalue weighted by Gasteiger charge is -2.18. The van der Waals surface area contributed by atoms with Gasteiger partial charge in [-0.15, -0.1) is 0 Å². The Labute approximate surface area is 113 Å². The third-order valence-corrected chi connectivity index (χ3v) is 3.33. The zero-order valence-corrected chi connectivity index (χ0v) is 11.9. The number of rotatable bonds is 5. The summed E-state index contributed by atoms with van der Waals surface area (Å²) < 4.78 is 38.5. The topological polar surface area (TPSA) is 15.3 Å². The lowest BCUT2D eigenvalue weighted by Crippen LogP contribution is -2.27. The number of benzene rings is 1. The summed E-state index contributed by atoms with van der Waals surface area (Å²) in [6.45, 7) is 2.05. The number of alkyl halides is 3. The smallest absolute Gasteiger partial charge is 0.318 e. The van der Waals surface area contributed by atoms with E-state index in [2.05, 4.69) is 21.2 Å². The first-order valence-corrected chi connectivity index (χ1v) is 6.32. The van der Waals surface area contributed by atoms with Crippen LogP contribution >= 0.6 is 15.9 Å². The average Bonchev–Trinajstić information content (AvgIpc) is 2.28. The van der Waals surface area contributed by atoms with Crippen molar-refractivity contribution in [2.45, 2.75) is 12.7 Å². The molecule has 1 aromatic carbocycles. The molecule has 1 N–H and O–H groups in total. The van der Waals surface area contributed by atoms with Crippen LogP contribution in [0, 0.1) is 0 Å². The maximum atomic E-state index is 12.6. The van der Waals surface area contributed by atoms with E-state index in [9.17, 15) is 13.2 Å². The molecule has 0 heterocycles. The van der Waals surface area contributed by atoms with E-state index in [-0.39, 0.29) is 0 Å². The first kappa shape index (κ1) is 15.5. The number of hydrogen-bond acceptors (Lipinski definition) is 2. The molecule has 2 nitrogen and oxygen atoms in total. The van der Waals surface area contributed by atoms with E-state index in [1.807, 2.05) is 19.0 Å². The SMILES string of the molecule is CNCCN(C)Cc1cc(C(F)(F)F)ccc1Br. The van der Waals surface area contributed by atoms with Crippen LogP contribution in [-0.4, -0.2) is 32.1 Å². The number of halogens is 4. The Morgan fingerprint density at radius 2 is 2.00 bits per heavy atom. The van der Waals surface area contributed by atoms with Crippen LogP contribution in [0.2, 0.25) is 0 Å². The Bertz CT molecular complexity index is 393. The van der Waals surface area contributed by atoms with Crippen molar-refractivity contribution >= 4 is 15.9 Å². The molecule has 0 fully saturated rings. The van der Waals surface area contributed by atoms with Crippen LogP contribution in [0.4, 0.5) is 13.2 Å². The van der Waals surface area contributed by atoms with Crippen molar-refractivity contribution in [2.75, 3.05) is 27.2 Å². The number of nitrogens with zero attached hydrogens (tertiary/aromatic N) is 1. The second-order valence-corrected chi connectivity index (χ2v) is 5.00. The highest BCUT2D eigenvalue weighted by molar-refractivity contribution is 9.10. The van der Waals surface area contributed by atoms with E-state index in [0.717, 1.165) is 19.2 Å². The number of hydrogen-bond donors (Lipinski definition) is 1. The van der Waals surface area contributed by atoms with Crippen molar-refractivity contribution in [2.24, 2.45) is 0 Å². The van der Waals surface area contributed by atoms with E-state index in [0.29, 0.717) is 16.6 Å². The number of likely N-dealkylation sites (N-methyl/N-ethyl adjacent to an activating group) is 2. The quantitative estimate of drug-likeness (QED) is 0.895. The van der Waals surface area contributed by atoms with Gasteiger partial charge in [0.15, 0.2) is 0 Å². The van der Waals surface area contributed by atoms with Crippen molar-refractivity contribution < 1.29 is 13.2 Å². The molecule has 1 rings (SSSR count). The first-order valence-electron chi connectivity index (χ1n) is 5.53. The van der Waals surface area contributed by atoms with Gasteiger partial charge in [0.05, 0.1) is 5.56 Å². The fourth-order valence-electron chi connectivity index (χ4n) is 1.54. The molecule has 0 radical (unpaired) electrons. The molecule has 102 valence electrons. The molecule has 0 aliphatic rings. The summed E-state index contributed by atoms with van der Waals surface area (Å²) in [6.07, 6.45) is -4.29. The molecule has 6 heteroatoms. The van der Waals surface area contributed by atoms with E-state index in [1.165, 1.54) is 12.1 Å². The van der Waals surface area contributed by atoms with Crippen LogP contribution in [0.3, 0.4) is 0 Å². The van der Waals surface area contributed by atoms with Gasteiger partial charge in [-0.25, -0.2) is 0 Å². The molecule has 0 spiro atoms. The van der Waals surface area contributed by atoms with Crippen LogP contribution in [0.5, 0.6) is 0 Å². The van der Waals surface area contributed by atoms with Gasteiger partial charge in [-0.2, -0.15) is 13.2 Å². The Hall–Kier alpha value is -0.590. The molecule has 0 bridgehead atoms. The molecule has 0 saturated carbocycles. The molecular weight excluding hydrogens is 309 g/mol. The van der Waals surface area contributed by atoms with Gasteiger partial charge in [-0.05, 0) is 37.9 Å². The first-order chi connectivity index (χ1) is 8.34.